The summed E-state index contributed by atoms with van der Waals surface area (Å²) >= 11 is 0. The summed E-state index contributed by atoms with van der Waals surface area (Å²) in [6.07, 6.45) is 1.48. The van der Waals surface area contributed by atoms with Crippen molar-refractivity contribution in [1.29, 1.82) is 0 Å². The Bertz CT molecular complexity index is 509. The van der Waals surface area contributed by atoms with Crippen molar-refractivity contribution in [1.82, 2.24) is 10.5 Å². The van der Waals surface area contributed by atoms with Crippen LogP contribution >= 0.6 is 0 Å². The highest BCUT2D eigenvalue weighted by Gasteiger charge is 2.10. The number of carbonyl (C=O) groups excluding carboxylic acids is 1. The van der Waals surface area contributed by atoms with E-state index < -0.39 is 0 Å². The quantitative estimate of drug-likeness (QED) is 0.845. The normalized spacial score (nSPS) is 10.1. The molecule has 2 N–H and O–H groups in total. The number of aromatic nitrogens is 1. The van der Waals surface area contributed by atoms with E-state index in [1.807, 2.05) is 25.1 Å². The molecule has 5 nitrogen and oxygen atoms in total. The number of amides is 1. The predicted molar refractivity (Wildman–Crippen MR) is 68.3 cm³/mol. The molecule has 0 saturated heterocycles. The molecule has 0 aliphatic carbocycles. The Kier molecular flexibility index (Phi) is 3.96. The van der Waals surface area contributed by atoms with Crippen molar-refractivity contribution >= 4 is 11.6 Å². The zero-order valence-electron chi connectivity index (χ0n) is 10.1. The summed E-state index contributed by atoms with van der Waals surface area (Å²) in [6.45, 7) is 3.12. The van der Waals surface area contributed by atoms with Crippen molar-refractivity contribution in [3.63, 3.8) is 0 Å². The van der Waals surface area contributed by atoms with E-state index in [-0.39, 0.29) is 5.91 Å². The van der Waals surface area contributed by atoms with Gasteiger partial charge in [0.25, 0.3) is 5.91 Å². The molecule has 0 atom stereocenters. The number of carbonyl (C=O) groups is 1. The first-order valence-corrected chi connectivity index (χ1v) is 5.81. The molecule has 0 aliphatic heterocycles. The highest BCUT2D eigenvalue weighted by molar-refractivity contribution is 5.99. The monoisotopic (exact) mass is 245 g/mol. The Morgan fingerprint density at radius 1 is 1.33 bits per heavy atom. The number of nitrogens with one attached hydrogen (secondary N) is 2. The lowest BCUT2D eigenvalue weighted by Gasteiger charge is -2.10. The van der Waals surface area contributed by atoms with Crippen LogP contribution in [0.15, 0.2) is 41.1 Å². The van der Waals surface area contributed by atoms with Crippen LogP contribution in [0.2, 0.25) is 0 Å². The minimum atomic E-state index is -0.130. The number of benzene rings is 1. The van der Waals surface area contributed by atoms with Gasteiger partial charge in [0.1, 0.15) is 12.0 Å². The number of rotatable bonds is 5. The lowest BCUT2D eigenvalue weighted by molar-refractivity contribution is 0.0951. The van der Waals surface area contributed by atoms with Gasteiger partial charge in [-0.2, -0.15) is 0 Å². The van der Waals surface area contributed by atoms with E-state index in [0.717, 1.165) is 12.2 Å². The molecule has 1 heterocycles. The molecule has 0 aliphatic rings. The van der Waals surface area contributed by atoms with Crippen molar-refractivity contribution in [2.75, 3.05) is 11.9 Å². The van der Waals surface area contributed by atoms with Crippen molar-refractivity contribution < 1.29 is 9.32 Å². The van der Waals surface area contributed by atoms with E-state index in [1.54, 1.807) is 12.1 Å². The van der Waals surface area contributed by atoms with Crippen LogP contribution in [0.5, 0.6) is 0 Å². The first-order valence-electron chi connectivity index (χ1n) is 5.81. The fraction of sp³-hybridized carbons (Fsp3) is 0.231. The number of nitrogens with zero attached hydrogens (tertiary/aromatic N) is 1. The molecule has 0 saturated carbocycles. The van der Waals surface area contributed by atoms with Gasteiger partial charge >= 0.3 is 0 Å². The molecule has 0 bridgehead atoms. The highest BCUT2D eigenvalue weighted by atomic mass is 16.5. The summed E-state index contributed by atoms with van der Waals surface area (Å²) in [5, 5.41) is 9.69. The Morgan fingerprint density at radius 2 is 2.17 bits per heavy atom. The maximum atomic E-state index is 12.0. The smallest absolute Gasteiger partial charge is 0.253 e. The molecule has 0 fully saturated rings. The standard InChI is InChI=1S/C13H15N3O2/c1-2-14-12-6-4-3-5-11(12)13(17)15-9-10-7-8-18-16-10/h3-8,14H,2,9H2,1H3,(H,15,17). The first-order chi connectivity index (χ1) is 8.81. The summed E-state index contributed by atoms with van der Waals surface area (Å²) < 4.78 is 4.70. The summed E-state index contributed by atoms with van der Waals surface area (Å²) in [5.41, 5.74) is 2.16. The molecule has 2 aromatic rings. The molecule has 94 valence electrons. The van der Waals surface area contributed by atoms with Gasteiger partial charge in [0.05, 0.1) is 12.1 Å². The number of hydrogen-bond acceptors (Lipinski definition) is 4. The van der Waals surface area contributed by atoms with Gasteiger partial charge in [-0.25, -0.2) is 0 Å². The van der Waals surface area contributed by atoms with Crippen LogP contribution in [-0.2, 0) is 6.54 Å². The largest absolute Gasteiger partial charge is 0.385 e. The van der Waals surface area contributed by atoms with Gasteiger partial charge in [0.15, 0.2) is 0 Å². The Morgan fingerprint density at radius 3 is 2.89 bits per heavy atom. The van der Waals surface area contributed by atoms with Crippen LogP contribution in [0.25, 0.3) is 0 Å². The van der Waals surface area contributed by atoms with E-state index >= 15 is 0 Å². The third-order valence-corrected chi connectivity index (χ3v) is 2.46. The molecule has 0 unspecified atom stereocenters. The predicted octanol–water partition coefficient (Wildman–Crippen LogP) is 2.04. The van der Waals surface area contributed by atoms with Gasteiger partial charge in [0.2, 0.25) is 0 Å². The number of para-hydroxylation sites is 1. The molecule has 5 heteroatoms. The van der Waals surface area contributed by atoms with Gasteiger partial charge in [-0.3, -0.25) is 4.79 Å². The summed E-state index contributed by atoms with van der Waals surface area (Å²) in [4.78, 5) is 12.0. The van der Waals surface area contributed by atoms with Crippen molar-refractivity contribution in [2.24, 2.45) is 0 Å². The minimum Gasteiger partial charge on any atom is -0.385 e. The zero-order chi connectivity index (χ0) is 12.8. The van der Waals surface area contributed by atoms with Gasteiger partial charge < -0.3 is 15.2 Å². The second kappa shape index (κ2) is 5.86. The SMILES string of the molecule is CCNc1ccccc1C(=O)NCc1ccon1. The van der Waals surface area contributed by atoms with Crippen molar-refractivity contribution in [3.05, 3.63) is 47.9 Å². The second-order valence-electron chi connectivity index (χ2n) is 3.75. The van der Waals surface area contributed by atoms with Crippen LogP contribution in [0.3, 0.4) is 0 Å². The number of hydrogen-bond donors (Lipinski definition) is 2. The van der Waals surface area contributed by atoms with Gasteiger partial charge in [-0.1, -0.05) is 17.3 Å². The average molecular weight is 245 g/mol. The van der Waals surface area contributed by atoms with E-state index in [4.69, 9.17) is 4.52 Å². The molecule has 2 rings (SSSR count). The Balaban J connectivity index is 2.04. The Labute approximate surface area is 105 Å². The summed E-state index contributed by atoms with van der Waals surface area (Å²) in [6, 6.07) is 9.12. The lowest BCUT2D eigenvalue weighted by Crippen LogP contribution is -2.24. The second-order valence-corrected chi connectivity index (χ2v) is 3.75. The molecule has 1 amide bonds. The minimum absolute atomic E-state index is 0.130. The fourth-order valence-corrected chi connectivity index (χ4v) is 1.62. The highest BCUT2D eigenvalue weighted by Crippen LogP contribution is 2.14. The van der Waals surface area contributed by atoms with Crippen LogP contribution in [0.1, 0.15) is 23.0 Å². The lowest BCUT2D eigenvalue weighted by atomic mass is 10.1. The van der Waals surface area contributed by atoms with Gasteiger partial charge in [-0.05, 0) is 19.1 Å². The van der Waals surface area contributed by atoms with E-state index in [9.17, 15) is 4.79 Å². The molecule has 0 spiro atoms. The van der Waals surface area contributed by atoms with E-state index in [0.29, 0.717) is 17.8 Å². The summed E-state index contributed by atoms with van der Waals surface area (Å²) in [7, 11) is 0. The van der Waals surface area contributed by atoms with Crippen molar-refractivity contribution in [2.45, 2.75) is 13.5 Å². The first kappa shape index (κ1) is 12.2. The number of anilines is 1. The van der Waals surface area contributed by atoms with Crippen molar-refractivity contribution in [3.8, 4) is 0 Å². The molecular formula is C13H15N3O2. The molecule has 1 aromatic heterocycles. The van der Waals surface area contributed by atoms with Gasteiger partial charge in [-0.15, -0.1) is 0 Å². The van der Waals surface area contributed by atoms with Gasteiger partial charge in [0, 0.05) is 18.3 Å². The maximum Gasteiger partial charge on any atom is 0.253 e. The van der Waals surface area contributed by atoms with Crippen LogP contribution in [0, 0.1) is 0 Å². The molecule has 1 aromatic carbocycles. The molecule has 0 radical (unpaired) electrons. The average Bonchev–Trinajstić information content (AvgIpc) is 2.90. The van der Waals surface area contributed by atoms with Crippen LogP contribution in [-0.4, -0.2) is 17.6 Å². The fourth-order valence-electron chi connectivity index (χ4n) is 1.62. The van der Waals surface area contributed by atoms with E-state index in [2.05, 4.69) is 15.8 Å². The maximum absolute atomic E-state index is 12.0. The molecular weight excluding hydrogens is 230 g/mol. The zero-order valence-corrected chi connectivity index (χ0v) is 10.1. The van der Waals surface area contributed by atoms with E-state index in [1.165, 1.54) is 6.26 Å². The topological polar surface area (TPSA) is 67.2 Å². The summed E-state index contributed by atoms with van der Waals surface area (Å²) in [5.74, 6) is -0.130. The molecule has 18 heavy (non-hydrogen) atoms. The third-order valence-electron chi connectivity index (χ3n) is 2.46. The van der Waals surface area contributed by atoms with Crippen LogP contribution in [0.4, 0.5) is 5.69 Å². The Hall–Kier alpha value is -2.30. The van der Waals surface area contributed by atoms with Crippen LogP contribution < -0.4 is 10.6 Å². The third kappa shape index (κ3) is 2.88.